The summed E-state index contributed by atoms with van der Waals surface area (Å²) in [5.74, 6) is 1.85. The van der Waals surface area contributed by atoms with E-state index in [4.69, 9.17) is 9.47 Å². The Morgan fingerprint density at radius 1 is 1.35 bits per heavy atom. The van der Waals surface area contributed by atoms with Crippen LogP contribution in [0.25, 0.3) is 0 Å². The maximum Gasteiger partial charge on any atom is 0.124 e. The molecular formula is C16H19NO2S. The van der Waals surface area contributed by atoms with Gasteiger partial charge in [0.05, 0.1) is 13.7 Å². The minimum absolute atomic E-state index is 0.330. The van der Waals surface area contributed by atoms with Crippen molar-refractivity contribution in [3.63, 3.8) is 0 Å². The number of benzene rings is 1. The zero-order valence-electron chi connectivity index (χ0n) is 11.8. The molecule has 1 unspecified atom stereocenters. The first-order valence-electron chi connectivity index (χ1n) is 6.85. The minimum Gasteiger partial charge on any atom is -0.497 e. The van der Waals surface area contributed by atoms with Crippen LogP contribution >= 0.6 is 11.3 Å². The highest BCUT2D eigenvalue weighted by molar-refractivity contribution is 7.11. The molecule has 0 radical (unpaired) electrons. The molecule has 0 saturated heterocycles. The normalized spacial score (nSPS) is 17.4. The lowest BCUT2D eigenvalue weighted by atomic mass is 10.00. The van der Waals surface area contributed by atoms with E-state index in [0.717, 1.165) is 31.1 Å². The summed E-state index contributed by atoms with van der Waals surface area (Å²) >= 11 is 1.85. The van der Waals surface area contributed by atoms with E-state index >= 15 is 0 Å². The number of ether oxygens (including phenoxy) is 2. The van der Waals surface area contributed by atoms with Crippen LogP contribution in [0.3, 0.4) is 0 Å². The molecule has 3 nitrogen and oxygen atoms in total. The first-order valence-corrected chi connectivity index (χ1v) is 7.67. The van der Waals surface area contributed by atoms with E-state index in [2.05, 4.69) is 30.4 Å². The van der Waals surface area contributed by atoms with Gasteiger partial charge in [0.1, 0.15) is 11.5 Å². The standard InChI is InChI=1S/C16H19NO2S/c1-11-3-5-13(20-11)10-17-15-7-8-19-16-6-4-12(18-2)9-14(15)16/h3-6,9,15,17H,7-8,10H2,1-2H3. The molecule has 1 aliphatic heterocycles. The van der Waals surface area contributed by atoms with E-state index in [0.29, 0.717) is 6.04 Å². The zero-order chi connectivity index (χ0) is 13.9. The summed E-state index contributed by atoms with van der Waals surface area (Å²) in [6.45, 7) is 3.81. The van der Waals surface area contributed by atoms with Crippen LogP contribution in [0.4, 0.5) is 0 Å². The molecule has 1 aliphatic rings. The number of nitrogens with one attached hydrogen (secondary N) is 1. The van der Waals surface area contributed by atoms with E-state index in [1.54, 1.807) is 7.11 Å². The predicted molar refractivity (Wildman–Crippen MR) is 81.7 cm³/mol. The van der Waals surface area contributed by atoms with Crippen LogP contribution in [0, 0.1) is 6.92 Å². The van der Waals surface area contributed by atoms with Crippen molar-refractivity contribution in [1.29, 1.82) is 0 Å². The molecule has 3 rings (SSSR count). The number of fused-ring (bicyclic) bond motifs is 1. The number of hydrogen-bond donors (Lipinski definition) is 1. The Balaban J connectivity index is 1.75. The zero-order valence-corrected chi connectivity index (χ0v) is 12.6. The summed E-state index contributed by atoms with van der Waals surface area (Å²) < 4.78 is 11.0. The van der Waals surface area contributed by atoms with Crippen molar-refractivity contribution < 1.29 is 9.47 Å². The van der Waals surface area contributed by atoms with Crippen LogP contribution in [0.2, 0.25) is 0 Å². The lowest BCUT2D eigenvalue weighted by molar-refractivity contribution is 0.251. The Hall–Kier alpha value is -1.52. The fourth-order valence-corrected chi connectivity index (χ4v) is 3.36. The van der Waals surface area contributed by atoms with Gasteiger partial charge in [0, 0.05) is 34.3 Å². The van der Waals surface area contributed by atoms with Crippen molar-refractivity contribution in [3.05, 3.63) is 45.6 Å². The summed E-state index contributed by atoms with van der Waals surface area (Å²) in [7, 11) is 1.70. The monoisotopic (exact) mass is 289 g/mol. The second-order valence-corrected chi connectivity index (χ2v) is 6.36. The Bertz CT molecular complexity index is 594. The van der Waals surface area contributed by atoms with Gasteiger partial charge in [-0.15, -0.1) is 11.3 Å². The van der Waals surface area contributed by atoms with Crippen LogP contribution in [-0.2, 0) is 6.54 Å². The predicted octanol–water partition coefficient (Wildman–Crippen LogP) is 3.68. The molecule has 0 amide bonds. The molecule has 20 heavy (non-hydrogen) atoms. The van der Waals surface area contributed by atoms with Crippen molar-refractivity contribution in [2.45, 2.75) is 25.9 Å². The molecule has 1 N–H and O–H groups in total. The van der Waals surface area contributed by atoms with Crippen LogP contribution in [0.1, 0.15) is 27.8 Å². The largest absolute Gasteiger partial charge is 0.497 e. The quantitative estimate of drug-likeness (QED) is 0.931. The summed E-state index contributed by atoms with van der Waals surface area (Å²) in [5.41, 5.74) is 1.20. The molecule has 0 aliphatic carbocycles. The minimum atomic E-state index is 0.330. The first kappa shape index (κ1) is 13.5. The smallest absolute Gasteiger partial charge is 0.124 e. The molecule has 1 aromatic heterocycles. The van der Waals surface area contributed by atoms with Gasteiger partial charge in [-0.3, -0.25) is 0 Å². The number of rotatable bonds is 4. The number of thiophene rings is 1. The fourth-order valence-electron chi connectivity index (χ4n) is 2.52. The summed E-state index contributed by atoms with van der Waals surface area (Å²) in [6, 6.07) is 10.7. The van der Waals surface area contributed by atoms with Crippen molar-refractivity contribution in [1.82, 2.24) is 5.32 Å². The molecule has 1 aromatic carbocycles. The fraction of sp³-hybridized carbons (Fsp3) is 0.375. The molecule has 2 heterocycles. The molecule has 1 atom stereocenters. The van der Waals surface area contributed by atoms with Crippen molar-refractivity contribution in [2.24, 2.45) is 0 Å². The Morgan fingerprint density at radius 3 is 3.00 bits per heavy atom. The van der Waals surface area contributed by atoms with Gasteiger partial charge in [-0.1, -0.05) is 0 Å². The first-order chi connectivity index (χ1) is 9.76. The van der Waals surface area contributed by atoms with E-state index in [1.807, 2.05) is 23.5 Å². The maximum absolute atomic E-state index is 5.72. The summed E-state index contributed by atoms with van der Waals surface area (Å²) in [5, 5.41) is 3.63. The third kappa shape index (κ3) is 2.81. The topological polar surface area (TPSA) is 30.5 Å². The van der Waals surface area contributed by atoms with Crippen LogP contribution in [0.5, 0.6) is 11.5 Å². The number of aryl methyl sites for hydroxylation is 1. The second-order valence-electron chi connectivity index (χ2n) is 4.99. The molecule has 0 fully saturated rings. The van der Waals surface area contributed by atoms with Crippen LogP contribution in [0.15, 0.2) is 30.3 Å². The lowest BCUT2D eigenvalue weighted by Crippen LogP contribution is -2.26. The number of methoxy groups -OCH3 is 1. The molecule has 4 heteroatoms. The summed E-state index contributed by atoms with van der Waals surface area (Å²) in [6.07, 6.45) is 0.991. The van der Waals surface area contributed by atoms with Gasteiger partial charge < -0.3 is 14.8 Å². The van der Waals surface area contributed by atoms with Gasteiger partial charge in [-0.05, 0) is 37.3 Å². The van der Waals surface area contributed by atoms with Gasteiger partial charge in [-0.25, -0.2) is 0 Å². The van der Waals surface area contributed by atoms with E-state index in [-0.39, 0.29) is 0 Å². The molecule has 0 bridgehead atoms. The van der Waals surface area contributed by atoms with Crippen LogP contribution in [-0.4, -0.2) is 13.7 Å². The van der Waals surface area contributed by atoms with Gasteiger partial charge in [0.15, 0.2) is 0 Å². The van der Waals surface area contributed by atoms with Crippen molar-refractivity contribution in [2.75, 3.05) is 13.7 Å². The number of hydrogen-bond acceptors (Lipinski definition) is 4. The SMILES string of the molecule is COc1ccc2c(c1)C(NCc1ccc(C)s1)CCO2. The second kappa shape index (κ2) is 5.85. The molecule has 106 valence electrons. The van der Waals surface area contributed by atoms with Gasteiger partial charge in [-0.2, -0.15) is 0 Å². The Labute approximate surface area is 123 Å². The summed E-state index contributed by atoms with van der Waals surface area (Å²) in [4.78, 5) is 2.73. The lowest BCUT2D eigenvalue weighted by Gasteiger charge is -2.27. The van der Waals surface area contributed by atoms with Gasteiger partial charge in [0.25, 0.3) is 0 Å². The highest BCUT2D eigenvalue weighted by Gasteiger charge is 2.21. The third-order valence-corrected chi connectivity index (χ3v) is 4.58. The highest BCUT2D eigenvalue weighted by atomic mass is 32.1. The van der Waals surface area contributed by atoms with E-state index < -0.39 is 0 Å². The molecular weight excluding hydrogens is 270 g/mol. The average molecular weight is 289 g/mol. The van der Waals surface area contributed by atoms with Gasteiger partial charge >= 0.3 is 0 Å². The highest BCUT2D eigenvalue weighted by Crippen LogP contribution is 2.35. The van der Waals surface area contributed by atoms with Gasteiger partial charge in [0.2, 0.25) is 0 Å². The average Bonchev–Trinajstić information content (AvgIpc) is 2.90. The third-order valence-electron chi connectivity index (χ3n) is 3.58. The van der Waals surface area contributed by atoms with Crippen molar-refractivity contribution in [3.8, 4) is 11.5 Å². The maximum atomic E-state index is 5.72. The Kier molecular flexibility index (Phi) is 3.94. The molecule has 2 aromatic rings. The van der Waals surface area contributed by atoms with Crippen molar-refractivity contribution >= 4 is 11.3 Å². The molecule has 0 saturated carbocycles. The molecule has 0 spiro atoms. The van der Waals surface area contributed by atoms with E-state index in [1.165, 1.54) is 15.3 Å². The Morgan fingerprint density at radius 2 is 2.25 bits per heavy atom. The van der Waals surface area contributed by atoms with Crippen LogP contribution < -0.4 is 14.8 Å². The van der Waals surface area contributed by atoms with E-state index in [9.17, 15) is 0 Å².